The zero-order valence-corrected chi connectivity index (χ0v) is 13.2. The molecule has 1 aromatic heterocycles. The van der Waals surface area contributed by atoms with Crippen LogP contribution in [-0.2, 0) is 5.72 Å². The van der Waals surface area contributed by atoms with Gasteiger partial charge in [-0.05, 0) is 37.6 Å². The van der Waals surface area contributed by atoms with Crippen LogP contribution in [-0.4, -0.2) is 26.7 Å². The second-order valence-corrected chi connectivity index (χ2v) is 5.73. The van der Waals surface area contributed by atoms with E-state index in [1.54, 1.807) is 36.7 Å². The third-order valence-corrected chi connectivity index (χ3v) is 4.08. The van der Waals surface area contributed by atoms with Crippen molar-refractivity contribution in [2.45, 2.75) is 32.4 Å². The maximum Gasteiger partial charge on any atom is 0.276 e. The minimum absolute atomic E-state index is 0.311. The average Bonchev–Trinajstić information content (AvgIpc) is 2.94. The predicted molar refractivity (Wildman–Crippen MR) is 87.8 cm³/mol. The van der Waals surface area contributed by atoms with Crippen molar-refractivity contribution in [2.75, 3.05) is 0 Å². The van der Waals surface area contributed by atoms with Crippen LogP contribution in [0, 0.1) is 6.92 Å². The number of benzene rings is 1. The van der Waals surface area contributed by atoms with E-state index in [2.05, 4.69) is 10.1 Å². The van der Waals surface area contributed by atoms with Crippen LogP contribution < -0.4 is 0 Å². The van der Waals surface area contributed by atoms with Crippen LogP contribution in [0.4, 0.5) is 0 Å². The molecule has 5 heteroatoms. The van der Waals surface area contributed by atoms with E-state index < -0.39 is 5.72 Å². The van der Waals surface area contributed by atoms with Crippen molar-refractivity contribution in [1.82, 2.24) is 9.99 Å². The fourth-order valence-corrected chi connectivity index (χ4v) is 2.69. The number of carbonyl (C=O) groups excluding carboxylic acids is 1. The Morgan fingerprint density at radius 1 is 1.22 bits per heavy atom. The Hall–Kier alpha value is -2.53. The minimum atomic E-state index is -1.46. The summed E-state index contributed by atoms with van der Waals surface area (Å²) in [6.45, 7) is 3.93. The number of nitrogens with zero attached hydrogens (tertiary/aromatic N) is 3. The second-order valence-electron chi connectivity index (χ2n) is 5.73. The van der Waals surface area contributed by atoms with E-state index in [9.17, 15) is 9.90 Å². The van der Waals surface area contributed by atoms with Crippen molar-refractivity contribution < 1.29 is 9.90 Å². The van der Waals surface area contributed by atoms with Crippen LogP contribution in [0.5, 0.6) is 0 Å². The van der Waals surface area contributed by atoms with Gasteiger partial charge in [-0.1, -0.05) is 24.6 Å². The standard InChI is InChI=1S/C18H19N3O2/c1-3-16-12-18(23,15-8-10-19-11-9-15)21(20-16)17(22)14-6-4-13(2)5-7-14/h4-11,23H,3,12H2,1-2H3. The molecule has 118 valence electrons. The molecular formula is C18H19N3O2. The van der Waals surface area contributed by atoms with Gasteiger partial charge < -0.3 is 5.11 Å². The number of pyridine rings is 1. The van der Waals surface area contributed by atoms with E-state index in [0.29, 0.717) is 24.0 Å². The van der Waals surface area contributed by atoms with Gasteiger partial charge in [0.1, 0.15) is 0 Å². The van der Waals surface area contributed by atoms with E-state index >= 15 is 0 Å². The van der Waals surface area contributed by atoms with Crippen molar-refractivity contribution in [3.8, 4) is 0 Å². The van der Waals surface area contributed by atoms with Crippen molar-refractivity contribution in [1.29, 1.82) is 0 Å². The molecule has 3 rings (SSSR count). The first-order chi connectivity index (χ1) is 11.0. The summed E-state index contributed by atoms with van der Waals surface area (Å²) in [6, 6.07) is 10.7. The SMILES string of the molecule is CCC1=NN(C(=O)c2ccc(C)cc2)C(O)(c2ccncc2)C1. The molecular weight excluding hydrogens is 290 g/mol. The molecule has 1 aliphatic heterocycles. The number of rotatable bonds is 3. The number of aromatic nitrogens is 1. The molecule has 2 heterocycles. The highest BCUT2D eigenvalue weighted by Gasteiger charge is 2.45. The van der Waals surface area contributed by atoms with Gasteiger partial charge >= 0.3 is 0 Å². The third kappa shape index (κ3) is 2.75. The van der Waals surface area contributed by atoms with Crippen molar-refractivity contribution in [2.24, 2.45) is 5.10 Å². The maximum atomic E-state index is 12.9. The molecule has 0 saturated carbocycles. The van der Waals surface area contributed by atoms with Gasteiger partial charge in [-0.3, -0.25) is 9.78 Å². The molecule has 2 aromatic rings. The molecule has 1 amide bonds. The maximum absolute atomic E-state index is 12.9. The van der Waals surface area contributed by atoms with Crippen LogP contribution in [0.2, 0.25) is 0 Å². The highest BCUT2D eigenvalue weighted by molar-refractivity contribution is 5.98. The summed E-state index contributed by atoms with van der Waals surface area (Å²) in [5.41, 5.74) is 1.52. The summed E-state index contributed by atoms with van der Waals surface area (Å²) in [5.74, 6) is -0.312. The fourth-order valence-electron chi connectivity index (χ4n) is 2.69. The third-order valence-electron chi connectivity index (χ3n) is 4.08. The average molecular weight is 309 g/mol. The first-order valence-electron chi connectivity index (χ1n) is 7.65. The van der Waals surface area contributed by atoms with E-state index in [1.165, 1.54) is 5.01 Å². The number of aryl methyl sites for hydroxylation is 1. The van der Waals surface area contributed by atoms with Gasteiger partial charge in [0.25, 0.3) is 5.91 Å². The van der Waals surface area contributed by atoms with Gasteiger partial charge in [0.15, 0.2) is 5.72 Å². The fraction of sp³-hybridized carbons (Fsp3) is 0.278. The molecule has 0 bridgehead atoms. The lowest BCUT2D eigenvalue weighted by Crippen LogP contribution is -2.43. The lowest BCUT2D eigenvalue weighted by Gasteiger charge is -2.31. The Morgan fingerprint density at radius 3 is 2.48 bits per heavy atom. The highest BCUT2D eigenvalue weighted by atomic mass is 16.3. The molecule has 0 fully saturated rings. The van der Waals surface area contributed by atoms with Gasteiger partial charge in [0, 0.05) is 35.7 Å². The topological polar surface area (TPSA) is 65.8 Å². The van der Waals surface area contributed by atoms with Gasteiger partial charge in [-0.2, -0.15) is 10.1 Å². The summed E-state index contributed by atoms with van der Waals surface area (Å²) in [7, 11) is 0. The number of hydrazone groups is 1. The molecule has 1 atom stereocenters. The first kappa shape index (κ1) is 15.4. The molecule has 1 aromatic carbocycles. The number of aliphatic hydroxyl groups is 1. The molecule has 0 aliphatic carbocycles. The van der Waals surface area contributed by atoms with Gasteiger partial charge in [-0.25, -0.2) is 0 Å². The summed E-state index contributed by atoms with van der Waals surface area (Å²) in [5, 5.41) is 16.7. The monoisotopic (exact) mass is 309 g/mol. The highest BCUT2D eigenvalue weighted by Crippen LogP contribution is 2.36. The van der Waals surface area contributed by atoms with E-state index in [0.717, 1.165) is 11.3 Å². The lowest BCUT2D eigenvalue weighted by atomic mass is 9.97. The Bertz CT molecular complexity index is 741. The zero-order chi connectivity index (χ0) is 16.4. The number of carbonyl (C=O) groups is 1. The van der Waals surface area contributed by atoms with Crippen molar-refractivity contribution in [3.63, 3.8) is 0 Å². The molecule has 0 saturated heterocycles. The van der Waals surface area contributed by atoms with Crippen LogP contribution in [0.25, 0.3) is 0 Å². The van der Waals surface area contributed by atoms with E-state index in [-0.39, 0.29) is 5.91 Å². The Morgan fingerprint density at radius 2 is 1.87 bits per heavy atom. The number of amides is 1. The van der Waals surface area contributed by atoms with Crippen LogP contribution in [0.15, 0.2) is 53.9 Å². The summed E-state index contributed by atoms with van der Waals surface area (Å²) < 4.78 is 0. The van der Waals surface area contributed by atoms with Gasteiger partial charge in [-0.15, -0.1) is 0 Å². The lowest BCUT2D eigenvalue weighted by molar-refractivity contribution is -0.0766. The molecule has 0 radical (unpaired) electrons. The largest absolute Gasteiger partial charge is 0.365 e. The quantitative estimate of drug-likeness (QED) is 0.948. The normalized spacial score (nSPS) is 20.5. The summed E-state index contributed by atoms with van der Waals surface area (Å²) >= 11 is 0. The zero-order valence-electron chi connectivity index (χ0n) is 13.2. The number of hydrogen-bond donors (Lipinski definition) is 1. The van der Waals surface area contributed by atoms with Crippen LogP contribution >= 0.6 is 0 Å². The van der Waals surface area contributed by atoms with Crippen molar-refractivity contribution >= 4 is 11.6 Å². The molecule has 1 N–H and O–H groups in total. The van der Waals surface area contributed by atoms with Crippen LogP contribution in [0.1, 0.15) is 41.3 Å². The first-order valence-corrected chi connectivity index (χ1v) is 7.65. The molecule has 5 nitrogen and oxygen atoms in total. The molecule has 1 aliphatic rings. The summed E-state index contributed by atoms with van der Waals surface area (Å²) in [6.07, 6.45) is 4.20. The smallest absolute Gasteiger partial charge is 0.276 e. The Kier molecular flexibility index (Phi) is 3.96. The van der Waals surface area contributed by atoms with E-state index in [1.807, 2.05) is 26.0 Å². The Balaban J connectivity index is 2.01. The van der Waals surface area contributed by atoms with Gasteiger partial charge in [0.05, 0.1) is 0 Å². The minimum Gasteiger partial charge on any atom is -0.365 e. The molecule has 23 heavy (non-hydrogen) atoms. The molecule has 0 spiro atoms. The number of hydrogen-bond acceptors (Lipinski definition) is 4. The van der Waals surface area contributed by atoms with Gasteiger partial charge in [0.2, 0.25) is 0 Å². The van der Waals surface area contributed by atoms with E-state index in [4.69, 9.17) is 0 Å². The molecule has 1 unspecified atom stereocenters. The summed E-state index contributed by atoms with van der Waals surface area (Å²) in [4.78, 5) is 16.8. The van der Waals surface area contributed by atoms with Crippen LogP contribution in [0.3, 0.4) is 0 Å². The Labute approximate surface area is 135 Å². The predicted octanol–water partition coefficient (Wildman–Crippen LogP) is 2.85. The second kappa shape index (κ2) is 5.93. The van der Waals surface area contributed by atoms with Crippen molar-refractivity contribution in [3.05, 3.63) is 65.5 Å².